The van der Waals surface area contributed by atoms with Crippen LogP contribution in [-0.2, 0) is 6.54 Å². The Hall–Kier alpha value is -3.19. The van der Waals surface area contributed by atoms with Gasteiger partial charge in [0, 0.05) is 43.1 Å². The Morgan fingerprint density at radius 3 is 2.48 bits per heavy atom. The van der Waals surface area contributed by atoms with Gasteiger partial charge in [-0.3, -0.25) is 4.79 Å². The van der Waals surface area contributed by atoms with Crippen LogP contribution in [0.2, 0.25) is 0 Å². The number of carbonyl (C=O) groups is 1. The summed E-state index contributed by atoms with van der Waals surface area (Å²) in [6.07, 6.45) is 3.19. The standard InChI is InChI=1S/C22H26N6O/c1-17-13-20(7-8-21(17)27-11-9-26(2)10-12-27)25-22(29)19-5-3-18(4-6-19)14-28-16-23-15-24-28/h3-8,13,15-16H,9-12,14H2,1-2H3,(H,25,29). The van der Waals surface area contributed by atoms with Crippen molar-refractivity contribution in [3.05, 3.63) is 71.8 Å². The van der Waals surface area contributed by atoms with Gasteiger partial charge in [-0.2, -0.15) is 5.10 Å². The number of likely N-dealkylation sites (N-methyl/N-ethyl adjacent to an activating group) is 1. The minimum atomic E-state index is -0.107. The Balaban J connectivity index is 1.39. The first-order valence-corrected chi connectivity index (χ1v) is 9.85. The molecule has 3 aromatic rings. The molecule has 0 spiro atoms. The van der Waals surface area contributed by atoms with Crippen LogP contribution < -0.4 is 10.2 Å². The minimum Gasteiger partial charge on any atom is -0.369 e. The highest BCUT2D eigenvalue weighted by Crippen LogP contribution is 2.25. The molecule has 0 bridgehead atoms. The molecule has 7 nitrogen and oxygen atoms in total. The number of amides is 1. The van der Waals surface area contributed by atoms with Gasteiger partial charge in [-0.15, -0.1) is 0 Å². The highest BCUT2D eigenvalue weighted by atomic mass is 16.1. The van der Waals surface area contributed by atoms with E-state index in [0.29, 0.717) is 12.1 Å². The average Bonchev–Trinajstić information content (AvgIpc) is 3.23. The van der Waals surface area contributed by atoms with Crippen LogP contribution in [0, 0.1) is 6.92 Å². The van der Waals surface area contributed by atoms with Crippen molar-refractivity contribution in [2.75, 3.05) is 43.4 Å². The van der Waals surface area contributed by atoms with E-state index in [1.165, 1.54) is 17.6 Å². The normalized spacial score (nSPS) is 14.8. The van der Waals surface area contributed by atoms with Crippen LogP contribution in [0.25, 0.3) is 0 Å². The number of rotatable bonds is 5. The van der Waals surface area contributed by atoms with E-state index in [4.69, 9.17) is 0 Å². The molecule has 7 heteroatoms. The summed E-state index contributed by atoms with van der Waals surface area (Å²) in [5.41, 5.74) is 4.94. The fourth-order valence-corrected chi connectivity index (χ4v) is 3.60. The number of nitrogens with one attached hydrogen (secondary N) is 1. The lowest BCUT2D eigenvalue weighted by Gasteiger charge is -2.35. The molecule has 0 unspecified atom stereocenters. The Bertz CT molecular complexity index is 959. The third-order valence-electron chi connectivity index (χ3n) is 5.33. The van der Waals surface area contributed by atoms with Crippen molar-refractivity contribution >= 4 is 17.3 Å². The summed E-state index contributed by atoms with van der Waals surface area (Å²) in [6.45, 7) is 6.95. The monoisotopic (exact) mass is 390 g/mol. The summed E-state index contributed by atoms with van der Waals surface area (Å²) >= 11 is 0. The van der Waals surface area contributed by atoms with Gasteiger partial charge in [-0.1, -0.05) is 12.1 Å². The summed E-state index contributed by atoms with van der Waals surface area (Å²) in [5, 5.41) is 7.11. The SMILES string of the molecule is Cc1cc(NC(=O)c2ccc(Cn3cncn3)cc2)ccc1N1CCN(C)CC1. The van der Waals surface area contributed by atoms with Crippen LogP contribution in [0.4, 0.5) is 11.4 Å². The highest BCUT2D eigenvalue weighted by Gasteiger charge is 2.16. The second-order valence-electron chi connectivity index (χ2n) is 7.54. The fourth-order valence-electron chi connectivity index (χ4n) is 3.60. The number of anilines is 2. The van der Waals surface area contributed by atoms with Crippen molar-refractivity contribution < 1.29 is 4.79 Å². The van der Waals surface area contributed by atoms with E-state index in [-0.39, 0.29) is 5.91 Å². The number of aryl methyl sites for hydroxylation is 1. The van der Waals surface area contributed by atoms with Crippen molar-refractivity contribution in [1.82, 2.24) is 19.7 Å². The van der Waals surface area contributed by atoms with E-state index in [1.54, 1.807) is 11.0 Å². The van der Waals surface area contributed by atoms with Crippen molar-refractivity contribution in [3.63, 3.8) is 0 Å². The van der Waals surface area contributed by atoms with Crippen LogP contribution in [0.15, 0.2) is 55.1 Å². The minimum absolute atomic E-state index is 0.107. The van der Waals surface area contributed by atoms with Crippen LogP contribution in [0.3, 0.4) is 0 Å². The maximum Gasteiger partial charge on any atom is 0.255 e. The molecule has 0 saturated carbocycles. The molecular weight excluding hydrogens is 364 g/mol. The second kappa shape index (κ2) is 8.45. The molecule has 0 aliphatic carbocycles. The smallest absolute Gasteiger partial charge is 0.255 e. The lowest BCUT2D eigenvalue weighted by atomic mass is 10.1. The first kappa shape index (κ1) is 19.1. The molecular formula is C22H26N6O. The molecule has 0 atom stereocenters. The lowest BCUT2D eigenvalue weighted by molar-refractivity contribution is 0.102. The fraction of sp³-hybridized carbons (Fsp3) is 0.318. The van der Waals surface area contributed by atoms with E-state index < -0.39 is 0 Å². The number of hydrogen-bond donors (Lipinski definition) is 1. The largest absolute Gasteiger partial charge is 0.369 e. The summed E-state index contributed by atoms with van der Waals surface area (Å²) in [6, 6.07) is 13.7. The average molecular weight is 390 g/mol. The number of nitrogens with zero attached hydrogens (tertiary/aromatic N) is 5. The van der Waals surface area contributed by atoms with E-state index in [2.05, 4.69) is 45.2 Å². The molecule has 1 N–H and O–H groups in total. The molecule has 1 aliphatic heterocycles. The second-order valence-corrected chi connectivity index (χ2v) is 7.54. The zero-order valence-corrected chi connectivity index (χ0v) is 16.9. The summed E-state index contributed by atoms with van der Waals surface area (Å²) < 4.78 is 1.75. The Morgan fingerprint density at radius 2 is 1.83 bits per heavy atom. The number of carbonyl (C=O) groups excluding carboxylic acids is 1. The van der Waals surface area contributed by atoms with Crippen LogP contribution >= 0.6 is 0 Å². The van der Waals surface area contributed by atoms with E-state index in [0.717, 1.165) is 37.4 Å². The first-order chi connectivity index (χ1) is 14.1. The molecule has 29 heavy (non-hydrogen) atoms. The Morgan fingerprint density at radius 1 is 1.07 bits per heavy atom. The van der Waals surface area contributed by atoms with Gasteiger partial charge in [0.2, 0.25) is 0 Å². The molecule has 2 heterocycles. The van der Waals surface area contributed by atoms with Gasteiger partial charge in [0.05, 0.1) is 6.54 Å². The quantitative estimate of drug-likeness (QED) is 0.726. The van der Waals surface area contributed by atoms with Crippen LogP contribution in [0.1, 0.15) is 21.5 Å². The van der Waals surface area contributed by atoms with Gasteiger partial charge in [-0.25, -0.2) is 9.67 Å². The number of hydrogen-bond acceptors (Lipinski definition) is 5. The first-order valence-electron chi connectivity index (χ1n) is 9.85. The molecule has 2 aromatic carbocycles. The van der Waals surface area contributed by atoms with E-state index in [9.17, 15) is 4.79 Å². The van der Waals surface area contributed by atoms with E-state index >= 15 is 0 Å². The third-order valence-corrected chi connectivity index (χ3v) is 5.33. The zero-order valence-electron chi connectivity index (χ0n) is 16.9. The molecule has 150 valence electrons. The van der Waals surface area contributed by atoms with Gasteiger partial charge in [0.25, 0.3) is 5.91 Å². The van der Waals surface area contributed by atoms with Gasteiger partial charge in [-0.05, 0) is 55.4 Å². The maximum absolute atomic E-state index is 12.6. The van der Waals surface area contributed by atoms with Crippen LogP contribution in [-0.4, -0.2) is 58.8 Å². The molecule has 1 saturated heterocycles. The summed E-state index contributed by atoms with van der Waals surface area (Å²) in [4.78, 5) is 21.3. The van der Waals surface area contributed by atoms with Crippen LogP contribution in [0.5, 0.6) is 0 Å². The highest BCUT2D eigenvalue weighted by molar-refractivity contribution is 6.04. The predicted octanol–water partition coefficient (Wildman–Crippen LogP) is 2.64. The summed E-state index contributed by atoms with van der Waals surface area (Å²) in [5.74, 6) is -0.107. The number of piperazine rings is 1. The molecule has 0 radical (unpaired) electrons. The molecule has 4 rings (SSSR count). The lowest BCUT2D eigenvalue weighted by Crippen LogP contribution is -2.44. The molecule has 1 amide bonds. The Kier molecular flexibility index (Phi) is 5.57. The third kappa shape index (κ3) is 4.63. The predicted molar refractivity (Wildman–Crippen MR) is 114 cm³/mol. The van der Waals surface area contributed by atoms with Gasteiger partial charge in [0.1, 0.15) is 12.7 Å². The van der Waals surface area contributed by atoms with E-state index in [1.807, 2.05) is 36.4 Å². The zero-order chi connectivity index (χ0) is 20.2. The molecule has 1 fully saturated rings. The van der Waals surface area contributed by atoms with Crippen molar-refractivity contribution in [2.45, 2.75) is 13.5 Å². The van der Waals surface area contributed by atoms with Crippen molar-refractivity contribution in [1.29, 1.82) is 0 Å². The van der Waals surface area contributed by atoms with Crippen molar-refractivity contribution in [3.8, 4) is 0 Å². The summed E-state index contributed by atoms with van der Waals surface area (Å²) in [7, 11) is 2.16. The Labute approximate surface area is 171 Å². The van der Waals surface area contributed by atoms with Gasteiger partial charge < -0.3 is 15.1 Å². The maximum atomic E-state index is 12.6. The molecule has 1 aromatic heterocycles. The van der Waals surface area contributed by atoms with Crippen molar-refractivity contribution in [2.24, 2.45) is 0 Å². The molecule has 1 aliphatic rings. The van der Waals surface area contributed by atoms with Gasteiger partial charge >= 0.3 is 0 Å². The topological polar surface area (TPSA) is 66.3 Å². The number of aromatic nitrogens is 3. The van der Waals surface area contributed by atoms with Gasteiger partial charge in [0.15, 0.2) is 0 Å². The number of benzene rings is 2.